The summed E-state index contributed by atoms with van der Waals surface area (Å²) in [6.07, 6.45) is 3.57. The third-order valence-corrected chi connectivity index (χ3v) is 3.09. The predicted molar refractivity (Wildman–Crippen MR) is 70.9 cm³/mol. The van der Waals surface area contributed by atoms with Gasteiger partial charge < -0.3 is 5.32 Å². The highest BCUT2D eigenvalue weighted by atomic mass is 35.5. The van der Waals surface area contributed by atoms with E-state index in [0.29, 0.717) is 18.7 Å². The van der Waals surface area contributed by atoms with Gasteiger partial charge in [0.1, 0.15) is 5.82 Å². The summed E-state index contributed by atoms with van der Waals surface area (Å²) in [7, 11) is 0. The number of nitrogens with zero attached hydrogens (tertiary/aromatic N) is 1. The number of aryl methyl sites for hydroxylation is 1. The second kappa shape index (κ2) is 5.94. The lowest BCUT2D eigenvalue weighted by Crippen LogP contribution is -2.14. The van der Waals surface area contributed by atoms with Crippen molar-refractivity contribution in [3.8, 4) is 0 Å². The highest BCUT2D eigenvalue weighted by Gasteiger charge is 2.05. The Labute approximate surface area is 111 Å². The number of nitrogens with one attached hydrogen (secondary N) is 1. The van der Waals surface area contributed by atoms with E-state index >= 15 is 0 Å². The summed E-state index contributed by atoms with van der Waals surface area (Å²) in [5.41, 5.74) is 2.86. The Morgan fingerprint density at radius 1 is 1.22 bits per heavy atom. The Balaban J connectivity index is 1.97. The average Bonchev–Trinajstić information content (AvgIpc) is 2.37. The van der Waals surface area contributed by atoms with Crippen LogP contribution in [-0.2, 0) is 13.1 Å². The maximum atomic E-state index is 13.6. The predicted octanol–water partition coefficient (Wildman–Crippen LogP) is 3.47. The van der Waals surface area contributed by atoms with Crippen molar-refractivity contribution in [3.05, 3.63) is 64.2 Å². The van der Waals surface area contributed by atoms with Gasteiger partial charge in [-0.15, -0.1) is 0 Å². The Morgan fingerprint density at radius 2 is 2.00 bits per heavy atom. The average molecular weight is 265 g/mol. The first-order valence-corrected chi connectivity index (χ1v) is 6.09. The van der Waals surface area contributed by atoms with Crippen LogP contribution in [0.2, 0.25) is 5.02 Å². The molecule has 1 aromatic heterocycles. The van der Waals surface area contributed by atoms with Crippen LogP contribution in [0.4, 0.5) is 4.39 Å². The molecule has 0 bridgehead atoms. The molecule has 0 aliphatic carbocycles. The van der Waals surface area contributed by atoms with Crippen molar-refractivity contribution in [2.45, 2.75) is 20.0 Å². The summed E-state index contributed by atoms with van der Waals surface area (Å²) in [6.45, 7) is 3.14. The maximum Gasteiger partial charge on any atom is 0.146 e. The normalized spacial score (nSPS) is 10.6. The molecular weight excluding hydrogens is 251 g/mol. The molecule has 0 amide bonds. The molecule has 0 aliphatic rings. The molecule has 2 nitrogen and oxygen atoms in total. The molecule has 4 heteroatoms. The molecule has 0 atom stereocenters. The summed E-state index contributed by atoms with van der Waals surface area (Å²) >= 11 is 5.72. The van der Waals surface area contributed by atoms with E-state index in [4.69, 9.17) is 11.6 Å². The molecular formula is C14H14ClFN2. The largest absolute Gasteiger partial charge is 0.308 e. The van der Waals surface area contributed by atoms with Crippen molar-refractivity contribution in [2.75, 3.05) is 0 Å². The molecule has 0 aliphatic heterocycles. The van der Waals surface area contributed by atoms with Gasteiger partial charge in [0.25, 0.3) is 0 Å². The van der Waals surface area contributed by atoms with Crippen LogP contribution in [0, 0.1) is 12.7 Å². The van der Waals surface area contributed by atoms with Crippen LogP contribution in [0.3, 0.4) is 0 Å². The molecule has 1 heterocycles. The van der Waals surface area contributed by atoms with Gasteiger partial charge in [0, 0.05) is 31.0 Å². The molecule has 1 N–H and O–H groups in total. The van der Waals surface area contributed by atoms with Gasteiger partial charge in [-0.1, -0.05) is 23.7 Å². The van der Waals surface area contributed by atoms with E-state index in [1.165, 1.54) is 0 Å². The molecule has 0 unspecified atom stereocenters. The van der Waals surface area contributed by atoms with E-state index in [9.17, 15) is 4.39 Å². The van der Waals surface area contributed by atoms with Crippen molar-refractivity contribution in [1.82, 2.24) is 10.3 Å². The third-order valence-electron chi connectivity index (χ3n) is 2.80. The number of rotatable bonds is 4. The van der Waals surface area contributed by atoms with Gasteiger partial charge in [0.2, 0.25) is 0 Å². The molecule has 0 saturated carbocycles. The molecule has 0 fully saturated rings. The second-order valence-electron chi connectivity index (χ2n) is 4.12. The molecule has 0 spiro atoms. The Kier molecular flexibility index (Phi) is 4.28. The number of hydrogen-bond acceptors (Lipinski definition) is 2. The topological polar surface area (TPSA) is 24.9 Å². The van der Waals surface area contributed by atoms with E-state index in [-0.39, 0.29) is 10.8 Å². The van der Waals surface area contributed by atoms with E-state index in [2.05, 4.69) is 10.3 Å². The van der Waals surface area contributed by atoms with Crippen LogP contribution in [0.5, 0.6) is 0 Å². The maximum absolute atomic E-state index is 13.6. The molecule has 18 heavy (non-hydrogen) atoms. The number of hydrogen-bond donors (Lipinski definition) is 1. The monoisotopic (exact) mass is 264 g/mol. The zero-order valence-corrected chi connectivity index (χ0v) is 10.8. The van der Waals surface area contributed by atoms with Gasteiger partial charge in [-0.25, -0.2) is 4.39 Å². The second-order valence-corrected chi connectivity index (χ2v) is 4.53. The minimum atomic E-state index is -0.349. The van der Waals surface area contributed by atoms with Gasteiger partial charge >= 0.3 is 0 Å². The highest BCUT2D eigenvalue weighted by molar-refractivity contribution is 6.30. The van der Waals surface area contributed by atoms with Gasteiger partial charge in [-0.05, 0) is 30.2 Å². The fourth-order valence-corrected chi connectivity index (χ4v) is 1.91. The standard InChI is InChI=1S/C14H14ClFN2/c1-10-7-17-6-5-11(10)8-18-9-12-3-2-4-13(15)14(12)16/h2-7,18H,8-9H2,1H3. The Hall–Kier alpha value is -1.45. The van der Waals surface area contributed by atoms with Crippen LogP contribution in [0.1, 0.15) is 16.7 Å². The van der Waals surface area contributed by atoms with Crippen LogP contribution >= 0.6 is 11.6 Å². The van der Waals surface area contributed by atoms with Gasteiger partial charge in [-0.3, -0.25) is 4.98 Å². The summed E-state index contributed by atoms with van der Waals surface area (Å²) in [5.74, 6) is -0.349. The quantitative estimate of drug-likeness (QED) is 0.915. The van der Waals surface area contributed by atoms with Crippen molar-refractivity contribution in [2.24, 2.45) is 0 Å². The van der Waals surface area contributed by atoms with E-state index in [0.717, 1.165) is 11.1 Å². The molecule has 2 aromatic rings. The van der Waals surface area contributed by atoms with Crippen molar-refractivity contribution in [1.29, 1.82) is 0 Å². The minimum Gasteiger partial charge on any atom is -0.308 e. The highest BCUT2D eigenvalue weighted by Crippen LogP contribution is 2.17. The number of aromatic nitrogens is 1. The van der Waals surface area contributed by atoms with Gasteiger partial charge in [0.15, 0.2) is 0 Å². The lowest BCUT2D eigenvalue weighted by atomic mass is 10.1. The lowest BCUT2D eigenvalue weighted by Gasteiger charge is -2.08. The van der Waals surface area contributed by atoms with Crippen LogP contribution in [-0.4, -0.2) is 4.98 Å². The van der Waals surface area contributed by atoms with E-state index in [1.807, 2.05) is 19.2 Å². The van der Waals surface area contributed by atoms with Crippen molar-refractivity contribution < 1.29 is 4.39 Å². The fraction of sp³-hybridized carbons (Fsp3) is 0.214. The molecule has 94 valence electrons. The first-order chi connectivity index (χ1) is 8.68. The summed E-state index contributed by atoms with van der Waals surface area (Å²) < 4.78 is 13.6. The van der Waals surface area contributed by atoms with Crippen LogP contribution in [0.25, 0.3) is 0 Å². The van der Waals surface area contributed by atoms with Crippen LogP contribution in [0.15, 0.2) is 36.7 Å². The first-order valence-electron chi connectivity index (χ1n) is 5.71. The number of pyridine rings is 1. The molecule has 0 radical (unpaired) electrons. The van der Waals surface area contributed by atoms with Crippen molar-refractivity contribution in [3.63, 3.8) is 0 Å². The number of benzene rings is 1. The zero-order valence-electron chi connectivity index (χ0n) is 10.1. The third kappa shape index (κ3) is 3.06. The summed E-state index contributed by atoms with van der Waals surface area (Å²) in [5, 5.41) is 3.36. The number of halogens is 2. The van der Waals surface area contributed by atoms with Gasteiger partial charge in [0.05, 0.1) is 5.02 Å². The Morgan fingerprint density at radius 3 is 2.78 bits per heavy atom. The first kappa shape index (κ1) is 13.0. The minimum absolute atomic E-state index is 0.161. The Bertz CT molecular complexity index is 543. The smallest absolute Gasteiger partial charge is 0.146 e. The SMILES string of the molecule is Cc1cnccc1CNCc1cccc(Cl)c1F. The van der Waals surface area contributed by atoms with Crippen LogP contribution < -0.4 is 5.32 Å². The summed E-state index contributed by atoms with van der Waals surface area (Å²) in [6, 6.07) is 6.98. The van der Waals surface area contributed by atoms with Crippen molar-refractivity contribution >= 4 is 11.6 Å². The fourth-order valence-electron chi connectivity index (χ4n) is 1.72. The van der Waals surface area contributed by atoms with Gasteiger partial charge in [-0.2, -0.15) is 0 Å². The lowest BCUT2D eigenvalue weighted by molar-refractivity contribution is 0.588. The zero-order chi connectivity index (χ0) is 13.0. The summed E-state index contributed by atoms with van der Waals surface area (Å²) in [4.78, 5) is 4.03. The molecule has 0 saturated heterocycles. The molecule has 2 rings (SSSR count). The molecule has 1 aromatic carbocycles. The van der Waals surface area contributed by atoms with E-state index in [1.54, 1.807) is 24.4 Å². The van der Waals surface area contributed by atoms with E-state index < -0.39 is 0 Å².